The van der Waals surface area contributed by atoms with E-state index in [-0.39, 0.29) is 18.2 Å². The third-order valence-electron chi connectivity index (χ3n) is 11.4. The molecule has 3 heteroatoms. The van der Waals surface area contributed by atoms with E-state index in [9.17, 15) is 9.90 Å². The molecule has 4 aliphatic rings. The quantitative estimate of drug-likeness (QED) is 0.446. The normalized spacial score (nSPS) is 45.5. The molecule has 0 spiro atoms. The lowest BCUT2D eigenvalue weighted by molar-refractivity contribution is -0.160. The van der Waals surface area contributed by atoms with Crippen LogP contribution in [-0.4, -0.2) is 23.3 Å². The second-order valence-electron chi connectivity index (χ2n) is 13.3. The van der Waals surface area contributed by atoms with E-state index in [2.05, 4.69) is 34.6 Å². The first-order valence-electron chi connectivity index (χ1n) is 13.9. The summed E-state index contributed by atoms with van der Waals surface area (Å²) in [6.07, 6.45) is 13.9. The van der Waals surface area contributed by atoms with Gasteiger partial charge in [-0.25, -0.2) is 0 Å². The second-order valence-corrected chi connectivity index (χ2v) is 13.3. The van der Waals surface area contributed by atoms with Gasteiger partial charge in [0.2, 0.25) is 0 Å². The zero-order valence-electron chi connectivity index (χ0n) is 21.7. The predicted molar refractivity (Wildman–Crippen MR) is 130 cm³/mol. The maximum absolute atomic E-state index is 11.5. The second kappa shape index (κ2) is 9.23. The number of ether oxygens (including phenoxy) is 1. The SMILES string of the molecule is CC(=O)OC1CC[C@@]2(C)C(CC[C@H]3[C@@H]4CC[C@H]([C@H](C)CCC(O)C(C)C)[C@@]4(C)CC[C@@H]32)C1. The largest absolute Gasteiger partial charge is 0.463 e. The number of carbonyl (C=O) groups is 1. The smallest absolute Gasteiger partial charge is 0.302 e. The van der Waals surface area contributed by atoms with E-state index in [0.29, 0.717) is 16.7 Å². The summed E-state index contributed by atoms with van der Waals surface area (Å²) in [5, 5.41) is 10.3. The van der Waals surface area contributed by atoms with Gasteiger partial charge in [-0.15, -0.1) is 0 Å². The van der Waals surface area contributed by atoms with Crippen molar-refractivity contribution < 1.29 is 14.6 Å². The summed E-state index contributed by atoms with van der Waals surface area (Å²) in [5.41, 5.74) is 0.952. The number of carbonyl (C=O) groups excluding carboxylic acids is 1. The third kappa shape index (κ3) is 4.29. The molecule has 184 valence electrons. The number of esters is 1. The van der Waals surface area contributed by atoms with Gasteiger partial charge < -0.3 is 9.84 Å². The molecule has 0 aromatic carbocycles. The molecule has 0 bridgehead atoms. The molecule has 10 atom stereocenters. The van der Waals surface area contributed by atoms with Crippen molar-refractivity contribution in [1.29, 1.82) is 0 Å². The Balaban J connectivity index is 1.43. The van der Waals surface area contributed by atoms with E-state index in [1.54, 1.807) is 6.92 Å². The molecule has 0 heterocycles. The lowest BCUT2D eigenvalue weighted by Gasteiger charge is -2.61. The number of fused-ring (bicyclic) bond motifs is 5. The van der Waals surface area contributed by atoms with Crippen LogP contribution in [0.5, 0.6) is 0 Å². The predicted octanol–water partition coefficient (Wildman–Crippen LogP) is 7.01. The first-order chi connectivity index (χ1) is 15.1. The van der Waals surface area contributed by atoms with E-state index < -0.39 is 0 Å². The summed E-state index contributed by atoms with van der Waals surface area (Å²) in [5.74, 6) is 5.23. The zero-order valence-corrected chi connectivity index (χ0v) is 21.7. The number of aliphatic hydroxyl groups excluding tert-OH is 1. The molecular formula is C29H50O3. The molecule has 0 radical (unpaired) electrons. The lowest BCUT2D eigenvalue weighted by atomic mass is 9.44. The van der Waals surface area contributed by atoms with Gasteiger partial charge in [-0.2, -0.15) is 0 Å². The van der Waals surface area contributed by atoms with Gasteiger partial charge in [0, 0.05) is 6.92 Å². The summed E-state index contributed by atoms with van der Waals surface area (Å²) < 4.78 is 5.64. The fourth-order valence-corrected chi connectivity index (χ4v) is 9.50. The van der Waals surface area contributed by atoms with Gasteiger partial charge in [0.15, 0.2) is 0 Å². The zero-order chi connectivity index (χ0) is 23.3. The first kappa shape index (κ1) is 24.6. The molecule has 4 saturated carbocycles. The van der Waals surface area contributed by atoms with Crippen LogP contribution in [0, 0.1) is 52.3 Å². The molecule has 3 nitrogen and oxygen atoms in total. The van der Waals surface area contributed by atoms with Gasteiger partial charge in [-0.05, 0) is 123 Å². The van der Waals surface area contributed by atoms with Gasteiger partial charge in [0.1, 0.15) is 6.10 Å². The molecular weight excluding hydrogens is 396 g/mol. The number of hydrogen-bond donors (Lipinski definition) is 1. The molecule has 0 amide bonds. The number of hydrogen-bond acceptors (Lipinski definition) is 3. The van der Waals surface area contributed by atoms with Crippen LogP contribution in [0.2, 0.25) is 0 Å². The third-order valence-corrected chi connectivity index (χ3v) is 11.4. The Bertz CT molecular complexity index is 673. The van der Waals surface area contributed by atoms with Gasteiger partial charge in [-0.3, -0.25) is 4.79 Å². The molecule has 4 aliphatic carbocycles. The van der Waals surface area contributed by atoms with Crippen LogP contribution in [0.1, 0.15) is 112 Å². The van der Waals surface area contributed by atoms with Crippen LogP contribution < -0.4 is 0 Å². The first-order valence-corrected chi connectivity index (χ1v) is 13.9. The topological polar surface area (TPSA) is 46.5 Å². The van der Waals surface area contributed by atoms with Crippen LogP contribution in [0.15, 0.2) is 0 Å². The van der Waals surface area contributed by atoms with Crippen molar-refractivity contribution >= 4 is 5.97 Å². The highest BCUT2D eigenvalue weighted by atomic mass is 16.5. The van der Waals surface area contributed by atoms with E-state index in [0.717, 1.165) is 54.8 Å². The molecule has 4 rings (SSSR count). The fourth-order valence-electron chi connectivity index (χ4n) is 9.50. The van der Waals surface area contributed by atoms with Crippen molar-refractivity contribution in [2.24, 2.45) is 52.3 Å². The monoisotopic (exact) mass is 446 g/mol. The Morgan fingerprint density at radius 1 is 0.938 bits per heavy atom. The fraction of sp³-hybridized carbons (Fsp3) is 0.966. The molecule has 4 fully saturated rings. The average molecular weight is 447 g/mol. The molecule has 0 aliphatic heterocycles. The molecule has 32 heavy (non-hydrogen) atoms. The summed E-state index contributed by atoms with van der Waals surface area (Å²) in [7, 11) is 0. The maximum Gasteiger partial charge on any atom is 0.302 e. The van der Waals surface area contributed by atoms with Crippen molar-refractivity contribution in [3.63, 3.8) is 0 Å². The highest BCUT2D eigenvalue weighted by Gasteiger charge is 2.60. The summed E-state index contributed by atoms with van der Waals surface area (Å²) >= 11 is 0. The van der Waals surface area contributed by atoms with Gasteiger partial charge in [0.05, 0.1) is 6.10 Å². The van der Waals surface area contributed by atoms with Crippen molar-refractivity contribution in [1.82, 2.24) is 0 Å². The van der Waals surface area contributed by atoms with Crippen molar-refractivity contribution in [3.8, 4) is 0 Å². The van der Waals surface area contributed by atoms with E-state index in [1.165, 1.54) is 51.4 Å². The van der Waals surface area contributed by atoms with E-state index >= 15 is 0 Å². The van der Waals surface area contributed by atoms with Crippen LogP contribution in [-0.2, 0) is 9.53 Å². The van der Waals surface area contributed by atoms with Crippen molar-refractivity contribution in [2.75, 3.05) is 0 Å². The van der Waals surface area contributed by atoms with Gasteiger partial charge in [0.25, 0.3) is 0 Å². The van der Waals surface area contributed by atoms with Crippen LogP contribution in [0.25, 0.3) is 0 Å². The maximum atomic E-state index is 11.5. The number of rotatable bonds is 6. The van der Waals surface area contributed by atoms with Crippen LogP contribution >= 0.6 is 0 Å². The minimum absolute atomic E-state index is 0.104. The van der Waals surface area contributed by atoms with Crippen LogP contribution in [0.3, 0.4) is 0 Å². The van der Waals surface area contributed by atoms with Gasteiger partial charge in [-0.1, -0.05) is 34.6 Å². The van der Waals surface area contributed by atoms with Crippen LogP contribution in [0.4, 0.5) is 0 Å². The van der Waals surface area contributed by atoms with Crippen molar-refractivity contribution in [2.45, 2.75) is 124 Å². The Hall–Kier alpha value is -0.570. The van der Waals surface area contributed by atoms with Crippen molar-refractivity contribution in [3.05, 3.63) is 0 Å². The summed E-state index contributed by atoms with van der Waals surface area (Å²) in [6.45, 7) is 13.6. The Kier molecular flexibility index (Phi) is 7.08. The molecule has 3 unspecified atom stereocenters. The number of aliphatic hydroxyl groups is 1. The molecule has 0 saturated heterocycles. The minimum atomic E-state index is -0.143. The minimum Gasteiger partial charge on any atom is -0.463 e. The summed E-state index contributed by atoms with van der Waals surface area (Å²) in [6, 6.07) is 0. The average Bonchev–Trinajstić information content (AvgIpc) is 3.08. The Morgan fingerprint density at radius 2 is 1.62 bits per heavy atom. The highest BCUT2D eigenvalue weighted by Crippen LogP contribution is 2.68. The lowest BCUT2D eigenvalue weighted by Crippen LogP contribution is -2.54. The van der Waals surface area contributed by atoms with E-state index in [4.69, 9.17) is 4.74 Å². The molecule has 0 aromatic heterocycles. The van der Waals surface area contributed by atoms with E-state index in [1.807, 2.05) is 0 Å². The Morgan fingerprint density at radius 3 is 2.31 bits per heavy atom. The molecule has 0 aromatic rings. The Labute approximate surface area is 197 Å². The van der Waals surface area contributed by atoms with Gasteiger partial charge >= 0.3 is 5.97 Å². The highest BCUT2D eigenvalue weighted by molar-refractivity contribution is 5.66. The summed E-state index contributed by atoms with van der Waals surface area (Å²) in [4.78, 5) is 11.5. The molecule has 1 N–H and O–H groups in total. The standard InChI is InChI=1S/C29H50O3/c1-18(2)27(31)12-7-19(3)24-10-11-25-23-9-8-21-17-22(32-20(4)30)13-15-28(21,5)26(23)14-16-29(24,25)6/h18-19,21-27,31H,7-17H2,1-6H3/t19-,21?,22?,23+,24-,25+,26+,27?,28+,29-/m1/s1.